The number of aryl methyl sites for hydroxylation is 1. The maximum atomic E-state index is 9.89. The lowest BCUT2D eigenvalue weighted by atomic mass is 9.83. The zero-order valence-corrected chi connectivity index (χ0v) is 18.2. The average molecular weight is 431 g/mol. The average Bonchev–Trinajstić information content (AvgIpc) is 3.23. The number of benzene rings is 2. The first-order valence-corrected chi connectivity index (χ1v) is 10.7. The van der Waals surface area contributed by atoms with Gasteiger partial charge in [0.2, 0.25) is 11.8 Å². The summed E-state index contributed by atoms with van der Waals surface area (Å²) in [5.74, 6) is 1.29. The van der Waals surface area contributed by atoms with Crippen LogP contribution < -0.4 is 19.9 Å². The van der Waals surface area contributed by atoms with Gasteiger partial charge in [-0.1, -0.05) is 49.7 Å². The Bertz CT molecular complexity index is 1160. The summed E-state index contributed by atoms with van der Waals surface area (Å²) in [4.78, 5) is 0. The fourth-order valence-electron chi connectivity index (χ4n) is 3.91. The van der Waals surface area contributed by atoms with E-state index in [1.54, 1.807) is 7.11 Å². The molecule has 1 aliphatic heterocycles. The highest BCUT2D eigenvalue weighted by molar-refractivity contribution is 5.57. The number of allylic oxidation sites excluding steroid dienone is 1. The number of ether oxygens (including phenoxy) is 3. The Morgan fingerprint density at radius 3 is 2.72 bits per heavy atom. The van der Waals surface area contributed by atoms with E-state index in [0.717, 1.165) is 41.6 Å². The summed E-state index contributed by atoms with van der Waals surface area (Å²) in [6, 6.07) is 17.8. The minimum atomic E-state index is -0.403. The van der Waals surface area contributed by atoms with Crippen LogP contribution in [0.5, 0.6) is 17.4 Å². The molecular formula is C25H26N4O3. The Balaban J connectivity index is 1.74. The van der Waals surface area contributed by atoms with Crippen LogP contribution in [0.1, 0.15) is 48.1 Å². The van der Waals surface area contributed by atoms with Crippen LogP contribution in [-0.4, -0.2) is 17.3 Å². The molecule has 2 heterocycles. The SMILES string of the molecule is CCCCc1[nH]nc2c1[C@@H](c1ccc(OC)c(OCc3ccccc3)c1)C(C#N)=C(N)O2. The van der Waals surface area contributed by atoms with Gasteiger partial charge in [0.05, 0.1) is 13.0 Å². The Morgan fingerprint density at radius 1 is 1.19 bits per heavy atom. The predicted molar refractivity (Wildman–Crippen MR) is 120 cm³/mol. The second-order valence-corrected chi connectivity index (χ2v) is 7.63. The number of unbranched alkanes of at least 4 members (excludes halogenated alkanes) is 1. The van der Waals surface area contributed by atoms with Crippen molar-refractivity contribution in [1.82, 2.24) is 10.2 Å². The van der Waals surface area contributed by atoms with E-state index in [9.17, 15) is 5.26 Å². The third-order valence-corrected chi connectivity index (χ3v) is 5.56. The third-order valence-electron chi connectivity index (χ3n) is 5.56. The molecule has 0 saturated heterocycles. The van der Waals surface area contributed by atoms with Gasteiger partial charge >= 0.3 is 0 Å². The lowest BCUT2D eigenvalue weighted by molar-refractivity contribution is 0.284. The van der Waals surface area contributed by atoms with Crippen LogP contribution in [0.15, 0.2) is 60.0 Å². The second kappa shape index (κ2) is 9.48. The number of nitrogens with zero attached hydrogens (tertiary/aromatic N) is 2. The minimum absolute atomic E-state index is 0.0705. The molecule has 0 radical (unpaired) electrons. The minimum Gasteiger partial charge on any atom is -0.493 e. The lowest BCUT2D eigenvalue weighted by Gasteiger charge is -2.25. The zero-order chi connectivity index (χ0) is 22.5. The van der Waals surface area contributed by atoms with E-state index < -0.39 is 5.92 Å². The molecule has 3 N–H and O–H groups in total. The molecule has 1 aromatic heterocycles. The van der Waals surface area contributed by atoms with E-state index in [0.29, 0.717) is 29.6 Å². The molecule has 32 heavy (non-hydrogen) atoms. The summed E-state index contributed by atoms with van der Waals surface area (Å²) in [6.45, 7) is 2.53. The molecule has 164 valence electrons. The summed E-state index contributed by atoms with van der Waals surface area (Å²) in [5, 5.41) is 17.3. The van der Waals surface area contributed by atoms with Crippen molar-refractivity contribution >= 4 is 0 Å². The van der Waals surface area contributed by atoms with Gasteiger partial charge in [0.15, 0.2) is 11.5 Å². The molecule has 0 bridgehead atoms. The molecule has 1 aliphatic rings. The number of methoxy groups -OCH3 is 1. The molecule has 7 heteroatoms. The van der Waals surface area contributed by atoms with Gasteiger partial charge in [-0.05, 0) is 36.1 Å². The molecule has 4 rings (SSSR count). The summed E-state index contributed by atoms with van der Waals surface area (Å²) >= 11 is 0. The summed E-state index contributed by atoms with van der Waals surface area (Å²) in [5.41, 5.74) is 10.2. The number of hydrogen-bond acceptors (Lipinski definition) is 6. The molecule has 0 aliphatic carbocycles. The topological polar surface area (TPSA) is 106 Å². The van der Waals surface area contributed by atoms with Gasteiger partial charge in [0.1, 0.15) is 18.2 Å². The van der Waals surface area contributed by atoms with Crippen LogP contribution in [0.25, 0.3) is 0 Å². The molecule has 0 unspecified atom stereocenters. The largest absolute Gasteiger partial charge is 0.493 e. The van der Waals surface area contributed by atoms with Gasteiger partial charge in [0, 0.05) is 11.3 Å². The van der Waals surface area contributed by atoms with Crippen LogP contribution in [-0.2, 0) is 13.0 Å². The normalized spacial score (nSPS) is 15.0. The fourth-order valence-corrected chi connectivity index (χ4v) is 3.91. The van der Waals surface area contributed by atoms with E-state index in [2.05, 4.69) is 23.2 Å². The molecular weight excluding hydrogens is 404 g/mol. The first-order valence-electron chi connectivity index (χ1n) is 10.7. The molecule has 0 fully saturated rings. The van der Waals surface area contributed by atoms with Crippen molar-refractivity contribution < 1.29 is 14.2 Å². The van der Waals surface area contributed by atoms with Gasteiger partial charge < -0.3 is 19.9 Å². The van der Waals surface area contributed by atoms with Gasteiger partial charge in [-0.15, -0.1) is 5.10 Å². The quantitative estimate of drug-likeness (QED) is 0.543. The Labute approximate surface area is 187 Å². The monoisotopic (exact) mass is 430 g/mol. The van der Waals surface area contributed by atoms with Crippen molar-refractivity contribution in [3.63, 3.8) is 0 Å². The van der Waals surface area contributed by atoms with E-state index in [1.165, 1.54) is 0 Å². The van der Waals surface area contributed by atoms with Crippen molar-refractivity contribution in [3.8, 4) is 23.4 Å². The number of H-pyrrole nitrogens is 1. The van der Waals surface area contributed by atoms with Crippen molar-refractivity contribution in [2.75, 3.05) is 7.11 Å². The van der Waals surface area contributed by atoms with Crippen molar-refractivity contribution in [2.24, 2.45) is 5.73 Å². The number of aromatic nitrogens is 2. The first kappa shape index (κ1) is 21.3. The highest BCUT2D eigenvalue weighted by Crippen LogP contribution is 2.45. The van der Waals surface area contributed by atoms with Crippen LogP contribution in [0.4, 0.5) is 0 Å². The first-order chi connectivity index (χ1) is 15.7. The molecule has 0 saturated carbocycles. The molecule has 1 atom stereocenters. The highest BCUT2D eigenvalue weighted by Gasteiger charge is 2.35. The second-order valence-electron chi connectivity index (χ2n) is 7.63. The molecule has 0 spiro atoms. The third kappa shape index (κ3) is 4.12. The van der Waals surface area contributed by atoms with Crippen molar-refractivity contribution in [1.29, 1.82) is 5.26 Å². The fraction of sp³-hybridized carbons (Fsp3) is 0.280. The highest BCUT2D eigenvalue weighted by atomic mass is 16.5. The Morgan fingerprint density at radius 2 is 2.00 bits per heavy atom. The predicted octanol–water partition coefficient (Wildman–Crippen LogP) is 4.56. The number of nitrogens with two attached hydrogens (primary N) is 1. The van der Waals surface area contributed by atoms with Crippen molar-refractivity contribution in [3.05, 3.63) is 82.4 Å². The number of rotatable bonds is 8. The number of hydrogen-bond donors (Lipinski definition) is 2. The summed E-state index contributed by atoms with van der Waals surface area (Å²) < 4.78 is 17.3. The van der Waals surface area contributed by atoms with Gasteiger partial charge in [-0.25, -0.2) is 0 Å². The number of nitriles is 1. The Kier molecular flexibility index (Phi) is 6.31. The van der Waals surface area contributed by atoms with Crippen LogP contribution >= 0.6 is 0 Å². The van der Waals surface area contributed by atoms with E-state index in [-0.39, 0.29) is 5.88 Å². The smallest absolute Gasteiger partial charge is 0.244 e. The van der Waals surface area contributed by atoms with Gasteiger partial charge in [0.25, 0.3) is 0 Å². The number of aromatic amines is 1. The van der Waals surface area contributed by atoms with Gasteiger partial charge in [-0.3, -0.25) is 5.10 Å². The number of nitrogens with one attached hydrogen (secondary N) is 1. The van der Waals surface area contributed by atoms with Crippen LogP contribution in [0.3, 0.4) is 0 Å². The zero-order valence-electron chi connectivity index (χ0n) is 18.2. The van der Waals surface area contributed by atoms with Gasteiger partial charge in [-0.2, -0.15) is 5.26 Å². The standard InChI is InChI=1S/C25H26N4O3/c1-3-4-10-19-23-22(18(14-26)24(27)32-25(23)29-28-19)17-11-12-20(30-2)21(13-17)31-15-16-8-6-5-7-9-16/h5-9,11-13,22H,3-4,10,15,27H2,1-2H3,(H,28,29)/t22-/m0/s1. The maximum absolute atomic E-state index is 9.89. The van der Waals surface area contributed by atoms with E-state index in [4.69, 9.17) is 19.9 Å². The molecule has 2 aromatic carbocycles. The Hall–Kier alpha value is -3.92. The van der Waals surface area contributed by atoms with Crippen LogP contribution in [0, 0.1) is 11.3 Å². The summed E-state index contributed by atoms with van der Waals surface area (Å²) in [7, 11) is 1.61. The number of fused-ring (bicyclic) bond motifs is 1. The lowest BCUT2D eigenvalue weighted by Crippen LogP contribution is -2.21. The molecule has 7 nitrogen and oxygen atoms in total. The summed E-state index contributed by atoms with van der Waals surface area (Å²) in [6.07, 6.45) is 2.85. The van der Waals surface area contributed by atoms with E-state index >= 15 is 0 Å². The van der Waals surface area contributed by atoms with E-state index in [1.807, 2.05) is 48.5 Å². The van der Waals surface area contributed by atoms with Crippen LogP contribution in [0.2, 0.25) is 0 Å². The van der Waals surface area contributed by atoms with Crippen molar-refractivity contribution in [2.45, 2.75) is 38.7 Å². The molecule has 0 amide bonds. The maximum Gasteiger partial charge on any atom is 0.244 e. The molecule has 3 aromatic rings.